The summed E-state index contributed by atoms with van der Waals surface area (Å²) in [4.78, 5) is 0. The summed E-state index contributed by atoms with van der Waals surface area (Å²) in [5.41, 5.74) is 0.0432. The Labute approximate surface area is 92.4 Å². The maximum atomic E-state index is 5.34. The van der Waals surface area contributed by atoms with Crippen LogP contribution in [0.15, 0.2) is 0 Å². The van der Waals surface area contributed by atoms with Crippen molar-refractivity contribution in [1.29, 1.82) is 0 Å². The third-order valence-corrected chi connectivity index (χ3v) is 2.45. The summed E-state index contributed by atoms with van der Waals surface area (Å²) in [6, 6.07) is 0. The number of rotatable bonds is 5. The van der Waals surface area contributed by atoms with Crippen molar-refractivity contribution in [2.24, 2.45) is 5.92 Å². The number of methoxy groups -OCH3 is 1. The van der Waals surface area contributed by atoms with Crippen LogP contribution in [-0.4, -0.2) is 18.0 Å². The largest absolute Gasteiger partial charge is 0.379 e. The van der Waals surface area contributed by atoms with Crippen LogP contribution in [0.25, 0.3) is 0 Å². The van der Waals surface area contributed by atoms with Crippen molar-refractivity contribution in [3.05, 3.63) is 0 Å². The van der Waals surface area contributed by atoms with Gasteiger partial charge >= 0.3 is 0 Å². The Morgan fingerprint density at radius 1 is 1.31 bits per heavy atom. The average Bonchev–Trinajstić information content (AvgIpc) is 2.08. The molecule has 0 bridgehead atoms. The van der Waals surface area contributed by atoms with E-state index >= 15 is 0 Å². The van der Waals surface area contributed by atoms with Crippen LogP contribution in [0.4, 0.5) is 0 Å². The molecule has 1 unspecified atom stereocenters. The number of hydrogen-bond donors (Lipinski definition) is 0. The first-order valence-corrected chi connectivity index (χ1v) is 6.25. The molecule has 0 aromatic carbocycles. The highest BCUT2D eigenvalue weighted by molar-refractivity contribution is 9.09. The van der Waals surface area contributed by atoms with E-state index in [-0.39, 0.29) is 5.60 Å². The molecule has 0 aliphatic heterocycles. The monoisotopic (exact) mass is 252 g/mol. The Kier molecular flexibility index (Phi) is 11.0. The van der Waals surface area contributed by atoms with Crippen LogP contribution >= 0.6 is 15.9 Å². The second kappa shape index (κ2) is 9.01. The van der Waals surface area contributed by atoms with E-state index in [1.54, 1.807) is 7.11 Å². The molecule has 0 aromatic rings. The molecule has 0 saturated heterocycles. The molecule has 0 aliphatic rings. The molecular weight excluding hydrogens is 228 g/mol. The molecule has 1 nitrogen and oxygen atoms in total. The quantitative estimate of drug-likeness (QED) is 0.665. The van der Waals surface area contributed by atoms with Crippen molar-refractivity contribution in [3.8, 4) is 0 Å². The molecule has 0 amide bonds. The predicted octanol–water partition coefficient (Wildman–Crippen LogP) is 4.25. The van der Waals surface area contributed by atoms with Crippen LogP contribution in [0, 0.1) is 5.92 Å². The lowest BCUT2D eigenvalue weighted by Gasteiger charge is -2.26. The minimum atomic E-state index is 0.0432. The van der Waals surface area contributed by atoms with Gasteiger partial charge in [-0.3, -0.25) is 0 Å². The predicted molar refractivity (Wildman–Crippen MR) is 64.6 cm³/mol. The number of hydrogen-bond acceptors (Lipinski definition) is 1. The number of ether oxygens (including phenoxy) is 1. The molecule has 0 aromatic heterocycles. The molecular formula is C11H25BrO. The van der Waals surface area contributed by atoms with E-state index in [1.165, 1.54) is 6.42 Å². The van der Waals surface area contributed by atoms with E-state index in [4.69, 9.17) is 4.74 Å². The molecule has 0 radical (unpaired) electrons. The molecule has 0 heterocycles. The zero-order chi connectivity index (χ0) is 10.9. The van der Waals surface area contributed by atoms with Crippen LogP contribution in [0.3, 0.4) is 0 Å². The molecule has 2 heteroatoms. The Bertz CT molecular complexity index is 102. The fraction of sp³-hybridized carbons (Fsp3) is 1.00. The van der Waals surface area contributed by atoms with E-state index in [0.29, 0.717) is 0 Å². The first-order chi connectivity index (χ1) is 6.02. The SMILES string of the molecule is CC.COC(C)(C)CC(C)CCBr. The van der Waals surface area contributed by atoms with Gasteiger partial charge < -0.3 is 4.74 Å². The van der Waals surface area contributed by atoms with E-state index in [9.17, 15) is 0 Å². The minimum absolute atomic E-state index is 0.0432. The topological polar surface area (TPSA) is 9.23 Å². The highest BCUT2D eigenvalue weighted by Crippen LogP contribution is 2.21. The maximum absolute atomic E-state index is 5.34. The normalized spacial score (nSPS) is 13.2. The summed E-state index contributed by atoms with van der Waals surface area (Å²) in [5.74, 6) is 0.740. The maximum Gasteiger partial charge on any atom is 0.0625 e. The molecule has 82 valence electrons. The van der Waals surface area contributed by atoms with Crippen LogP contribution in [-0.2, 0) is 4.74 Å². The molecule has 0 rings (SSSR count). The minimum Gasteiger partial charge on any atom is -0.379 e. The first-order valence-electron chi connectivity index (χ1n) is 5.13. The molecule has 0 aliphatic carbocycles. The summed E-state index contributed by atoms with van der Waals surface area (Å²) in [5, 5.41) is 1.09. The molecule has 0 spiro atoms. The Hall–Kier alpha value is 0.440. The van der Waals surface area contributed by atoms with Crippen molar-refractivity contribution >= 4 is 15.9 Å². The second-order valence-corrected chi connectivity index (χ2v) is 4.54. The zero-order valence-corrected chi connectivity index (χ0v) is 11.6. The fourth-order valence-electron chi connectivity index (χ4n) is 1.21. The third kappa shape index (κ3) is 10.4. The van der Waals surface area contributed by atoms with Gasteiger partial charge in [-0.2, -0.15) is 0 Å². The molecule has 1 atom stereocenters. The van der Waals surface area contributed by atoms with Gasteiger partial charge in [-0.25, -0.2) is 0 Å². The van der Waals surface area contributed by atoms with Gasteiger partial charge in [0.2, 0.25) is 0 Å². The number of alkyl halides is 1. The lowest BCUT2D eigenvalue weighted by atomic mass is 9.93. The van der Waals surface area contributed by atoms with Crippen molar-refractivity contribution in [3.63, 3.8) is 0 Å². The second-order valence-electron chi connectivity index (χ2n) is 3.75. The summed E-state index contributed by atoms with van der Waals surface area (Å²) >= 11 is 3.44. The van der Waals surface area contributed by atoms with E-state index < -0.39 is 0 Å². The van der Waals surface area contributed by atoms with Crippen molar-refractivity contribution in [2.45, 2.75) is 53.1 Å². The van der Waals surface area contributed by atoms with Gasteiger partial charge in [0.1, 0.15) is 0 Å². The standard InChI is InChI=1S/C9H19BrO.C2H6/c1-8(5-6-10)7-9(2,3)11-4;1-2/h8H,5-7H2,1-4H3;1-2H3. The van der Waals surface area contributed by atoms with Gasteiger partial charge in [0, 0.05) is 12.4 Å². The van der Waals surface area contributed by atoms with Gasteiger partial charge in [0.25, 0.3) is 0 Å². The van der Waals surface area contributed by atoms with Gasteiger partial charge in [-0.15, -0.1) is 0 Å². The van der Waals surface area contributed by atoms with Crippen molar-refractivity contribution < 1.29 is 4.74 Å². The number of halogens is 1. The fourth-order valence-corrected chi connectivity index (χ4v) is 1.99. The third-order valence-electron chi connectivity index (χ3n) is 1.99. The van der Waals surface area contributed by atoms with Gasteiger partial charge in [-0.05, 0) is 32.6 Å². The lowest BCUT2D eigenvalue weighted by Crippen LogP contribution is -2.25. The molecule has 0 saturated carbocycles. The summed E-state index contributed by atoms with van der Waals surface area (Å²) in [6.07, 6.45) is 2.36. The molecule has 0 N–H and O–H groups in total. The van der Waals surface area contributed by atoms with E-state index in [2.05, 4.69) is 36.7 Å². The van der Waals surface area contributed by atoms with E-state index in [1.807, 2.05) is 13.8 Å². The van der Waals surface area contributed by atoms with Gasteiger partial charge in [-0.1, -0.05) is 36.7 Å². The van der Waals surface area contributed by atoms with Crippen LogP contribution < -0.4 is 0 Å². The van der Waals surface area contributed by atoms with Gasteiger partial charge in [0.05, 0.1) is 5.60 Å². The summed E-state index contributed by atoms with van der Waals surface area (Å²) in [6.45, 7) is 10.5. The smallest absolute Gasteiger partial charge is 0.0625 e. The Balaban J connectivity index is 0. The Morgan fingerprint density at radius 3 is 2.08 bits per heavy atom. The van der Waals surface area contributed by atoms with Gasteiger partial charge in [0.15, 0.2) is 0 Å². The van der Waals surface area contributed by atoms with Crippen molar-refractivity contribution in [2.75, 3.05) is 12.4 Å². The average molecular weight is 253 g/mol. The highest BCUT2D eigenvalue weighted by atomic mass is 79.9. The van der Waals surface area contributed by atoms with E-state index in [0.717, 1.165) is 17.7 Å². The Morgan fingerprint density at radius 2 is 1.77 bits per heavy atom. The lowest BCUT2D eigenvalue weighted by molar-refractivity contribution is 0.00365. The molecule has 0 fully saturated rings. The summed E-state index contributed by atoms with van der Waals surface area (Å²) < 4.78 is 5.34. The zero-order valence-electron chi connectivity index (χ0n) is 9.98. The van der Waals surface area contributed by atoms with Crippen LogP contribution in [0.2, 0.25) is 0 Å². The first kappa shape index (κ1) is 15.9. The highest BCUT2D eigenvalue weighted by Gasteiger charge is 2.19. The summed E-state index contributed by atoms with van der Waals surface area (Å²) in [7, 11) is 1.78. The van der Waals surface area contributed by atoms with Crippen molar-refractivity contribution in [1.82, 2.24) is 0 Å². The van der Waals surface area contributed by atoms with Crippen LogP contribution in [0.1, 0.15) is 47.5 Å². The van der Waals surface area contributed by atoms with Crippen LogP contribution in [0.5, 0.6) is 0 Å². The molecule has 13 heavy (non-hydrogen) atoms.